The Morgan fingerprint density at radius 1 is 1.29 bits per heavy atom. The number of aromatic nitrogens is 2. The maximum Gasteiger partial charge on any atom is 0.151 e. The van der Waals surface area contributed by atoms with Gasteiger partial charge in [-0.1, -0.05) is 12.1 Å². The maximum atomic E-state index is 5.12. The van der Waals surface area contributed by atoms with E-state index in [1.807, 2.05) is 49.1 Å². The van der Waals surface area contributed by atoms with E-state index in [1.54, 1.807) is 7.11 Å². The van der Waals surface area contributed by atoms with Gasteiger partial charge in [0.05, 0.1) is 7.11 Å². The van der Waals surface area contributed by atoms with Gasteiger partial charge in [0.25, 0.3) is 0 Å². The summed E-state index contributed by atoms with van der Waals surface area (Å²) in [5, 5.41) is 7.65. The van der Waals surface area contributed by atoms with E-state index in [0.717, 1.165) is 23.7 Å². The van der Waals surface area contributed by atoms with Gasteiger partial charge in [0.15, 0.2) is 5.82 Å². The first-order valence-corrected chi connectivity index (χ1v) is 5.56. The second-order valence-corrected chi connectivity index (χ2v) is 4.04. The molecule has 0 aliphatic carbocycles. The van der Waals surface area contributed by atoms with Crippen LogP contribution in [0, 0.1) is 6.92 Å². The molecular formula is C13H17N3O. The van der Waals surface area contributed by atoms with Crippen LogP contribution in [0.3, 0.4) is 0 Å². The van der Waals surface area contributed by atoms with Crippen LogP contribution < -0.4 is 10.1 Å². The lowest BCUT2D eigenvalue weighted by molar-refractivity contribution is 0.414. The molecule has 0 fully saturated rings. The second-order valence-electron chi connectivity index (χ2n) is 4.04. The summed E-state index contributed by atoms with van der Waals surface area (Å²) in [5.41, 5.74) is 2.36. The van der Waals surface area contributed by atoms with Crippen LogP contribution in [0.4, 0.5) is 5.82 Å². The van der Waals surface area contributed by atoms with Crippen molar-refractivity contribution in [1.82, 2.24) is 9.78 Å². The smallest absolute Gasteiger partial charge is 0.151 e. The minimum atomic E-state index is 0.766. The molecule has 0 bridgehead atoms. The number of rotatable bonds is 4. The number of ether oxygens (including phenoxy) is 1. The van der Waals surface area contributed by atoms with Gasteiger partial charge in [-0.25, -0.2) is 0 Å². The third kappa shape index (κ3) is 2.78. The number of benzene rings is 1. The summed E-state index contributed by atoms with van der Waals surface area (Å²) in [4.78, 5) is 0. The summed E-state index contributed by atoms with van der Waals surface area (Å²) >= 11 is 0. The first-order chi connectivity index (χ1) is 8.19. The molecule has 0 amide bonds. The number of hydrogen-bond acceptors (Lipinski definition) is 3. The zero-order chi connectivity index (χ0) is 12.3. The monoisotopic (exact) mass is 231 g/mol. The van der Waals surface area contributed by atoms with Crippen LogP contribution in [0.1, 0.15) is 11.1 Å². The highest BCUT2D eigenvalue weighted by Gasteiger charge is 2.02. The maximum absolute atomic E-state index is 5.12. The van der Waals surface area contributed by atoms with Crippen LogP contribution in [-0.2, 0) is 13.6 Å². The van der Waals surface area contributed by atoms with E-state index >= 15 is 0 Å². The normalized spacial score (nSPS) is 10.3. The van der Waals surface area contributed by atoms with Crippen molar-refractivity contribution in [3.8, 4) is 5.75 Å². The van der Waals surface area contributed by atoms with Crippen molar-refractivity contribution < 1.29 is 4.74 Å². The molecule has 17 heavy (non-hydrogen) atoms. The van der Waals surface area contributed by atoms with Gasteiger partial charge >= 0.3 is 0 Å². The number of nitrogens with one attached hydrogen (secondary N) is 1. The number of hydrogen-bond donors (Lipinski definition) is 1. The molecule has 0 radical (unpaired) electrons. The van der Waals surface area contributed by atoms with E-state index in [9.17, 15) is 0 Å². The van der Waals surface area contributed by atoms with E-state index in [2.05, 4.69) is 10.4 Å². The van der Waals surface area contributed by atoms with Crippen molar-refractivity contribution in [3.05, 3.63) is 41.6 Å². The van der Waals surface area contributed by atoms with E-state index in [0.29, 0.717) is 0 Å². The van der Waals surface area contributed by atoms with Crippen LogP contribution >= 0.6 is 0 Å². The zero-order valence-electron chi connectivity index (χ0n) is 10.4. The van der Waals surface area contributed by atoms with Crippen molar-refractivity contribution >= 4 is 5.82 Å². The van der Waals surface area contributed by atoms with E-state index in [4.69, 9.17) is 4.74 Å². The van der Waals surface area contributed by atoms with Gasteiger partial charge in [-0.05, 0) is 24.6 Å². The highest BCUT2D eigenvalue weighted by Crippen LogP contribution is 2.14. The molecule has 0 saturated heterocycles. The Balaban J connectivity index is 1.99. The number of methoxy groups -OCH3 is 1. The average Bonchev–Trinajstić information content (AvgIpc) is 2.66. The fraction of sp³-hybridized carbons (Fsp3) is 0.308. The standard InChI is InChI=1S/C13H17N3O/c1-10-9-16(2)15-13(10)14-8-11-4-6-12(17-3)7-5-11/h4-7,9H,8H2,1-3H3,(H,14,15). The molecule has 2 rings (SSSR count). The minimum absolute atomic E-state index is 0.766. The Bertz CT molecular complexity index is 488. The summed E-state index contributed by atoms with van der Waals surface area (Å²) < 4.78 is 6.93. The first kappa shape index (κ1) is 11.5. The van der Waals surface area contributed by atoms with Gasteiger partial charge in [-0.15, -0.1) is 0 Å². The van der Waals surface area contributed by atoms with Crippen molar-refractivity contribution in [3.63, 3.8) is 0 Å². The number of aryl methyl sites for hydroxylation is 2. The van der Waals surface area contributed by atoms with Crippen molar-refractivity contribution in [2.24, 2.45) is 7.05 Å². The second kappa shape index (κ2) is 4.91. The third-order valence-electron chi connectivity index (χ3n) is 2.63. The Hall–Kier alpha value is -1.97. The average molecular weight is 231 g/mol. The van der Waals surface area contributed by atoms with E-state index < -0.39 is 0 Å². The Morgan fingerprint density at radius 2 is 2.00 bits per heavy atom. The molecule has 4 nitrogen and oxygen atoms in total. The van der Waals surface area contributed by atoms with Gasteiger partial charge in [0.1, 0.15) is 5.75 Å². The van der Waals surface area contributed by atoms with Gasteiger partial charge < -0.3 is 10.1 Å². The summed E-state index contributed by atoms with van der Waals surface area (Å²) in [6.07, 6.45) is 2.00. The molecule has 1 N–H and O–H groups in total. The fourth-order valence-electron chi connectivity index (χ4n) is 1.71. The molecule has 0 atom stereocenters. The summed E-state index contributed by atoms with van der Waals surface area (Å²) in [5.74, 6) is 1.81. The first-order valence-electron chi connectivity index (χ1n) is 5.56. The molecule has 0 aliphatic heterocycles. The molecule has 0 unspecified atom stereocenters. The summed E-state index contributed by atoms with van der Waals surface area (Å²) in [6.45, 7) is 2.81. The van der Waals surface area contributed by atoms with Crippen molar-refractivity contribution in [2.75, 3.05) is 12.4 Å². The SMILES string of the molecule is COc1ccc(CNc2nn(C)cc2C)cc1. The minimum Gasteiger partial charge on any atom is -0.497 e. The van der Waals surface area contributed by atoms with Gasteiger partial charge in [0.2, 0.25) is 0 Å². The lowest BCUT2D eigenvalue weighted by Gasteiger charge is -2.05. The van der Waals surface area contributed by atoms with Gasteiger partial charge in [-0.2, -0.15) is 5.10 Å². The molecule has 1 aromatic heterocycles. The van der Waals surface area contributed by atoms with Crippen LogP contribution in [0.25, 0.3) is 0 Å². The lowest BCUT2D eigenvalue weighted by Crippen LogP contribution is -2.01. The number of anilines is 1. The highest BCUT2D eigenvalue weighted by molar-refractivity contribution is 5.42. The largest absolute Gasteiger partial charge is 0.497 e. The molecular weight excluding hydrogens is 214 g/mol. The fourth-order valence-corrected chi connectivity index (χ4v) is 1.71. The van der Waals surface area contributed by atoms with Crippen LogP contribution in [0.15, 0.2) is 30.5 Å². The Labute approximate surface area is 101 Å². The van der Waals surface area contributed by atoms with Crippen LogP contribution in [-0.4, -0.2) is 16.9 Å². The van der Waals surface area contributed by atoms with Crippen LogP contribution in [0.2, 0.25) is 0 Å². The van der Waals surface area contributed by atoms with Crippen LogP contribution in [0.5, 0.6) is 5.75 Å². The molecule has 1 heterocycles. The van der Waals surface area contributed by atoms with Crippen molar-refractivity contribution in [2.45, 2.75) is 13.5 Å². The lowest BCUT2D eigenvalue weighted by atomic mass is 10.2. The Morgan fingerprint density at radius 3 is 2.53 bits per heavy atom. The molecule has 1 aromatic carbocycles. The van der Waals surface area contributed by atoms with Gasteiger partial charge in [-0.3, -0.25) is 4.68 Å². The third-order valence-corrected chi connectivity index (χ3v) is 2.63. The van der Waals surface area contributed by atoms with Gasteiger partial charge in [0, 0.05) is 25.4 Å². The summed E-state index contributed by atoms with van der Waals surface area (Å²) in [7, 11) is 3.59. The molecule has 0 spiro atoms. The van der Waals surface area contributed by atoms with Crippen molar-refractivity contribution in [1.29, 1.82) is 0 Å². The molecule has 2 aromatic rings. The topological polar surface area (TPSA) is 39.1 Å². The molecule has 90 valence electrons. The molecule has 4 heteroatoms. The quantitative estimate of drug-likeness (QED) is 0.878. The van der Waals surface area contributed by atoms with E-state index in [-0.39, 0.29) is 0 Å². The highest BCUT2D eigenvalue weighted by atomic mass is 16.5. The summed E-state index contributed by atoms with van der Waals surface area (Å²) in [6, 6.07) is 8.01. The predicted molar refractivity (Wildman–Crippen MR) is 68.3 cm³/mol. The molecule has 0 aliphatic rings. The predicted octanol–water partition coefficient (Wildman–Crippen LogP) is 2.35. The zero-order valence-corrected chi connectivity index (χ0v) is 10.4. The van der Waals surface area contributed by atoms with E-state index in [1.165, 1.54) is 5.56 Å². The number of nitrogens with zero attached hydrogens (tertiary/aromatic N) is 2. The molecule has 0 saturated carbocycles. The Kier molecular flexibility index (Phi) is 3.32.